The number of nitrogens with zero attached hydrogens (tertiary/aromatic N) is 3. The summed E-state index contributed by atoms with van der Waals surface area (Å²) < 4.78 is 44.0. The van der Waals surface area contributed by atoms with Gasteiger partial charge >= 0.3 is 6.18 Å². The van der Waals surface area contributed by atoms with Crippen LogP contribution in [0.5, 0.6) is 0 Å². The SMILES string of the molecule is Cc1noc(C)c1CN(C)C(=O)Cn1cccc(C(F)(F)F)c1=O. The molecule has 0 unspecified atom stereocenters. The first kappa shape index (κ1) is 17.8. The topological polar surface area (TPSA) is 68.3 Å². The maximum atomic E-state index is 12.7. The van der Waals surface area contributed by atoms with Crippen LogP contribution in [0, 0.1) is 13.8 Å². The molecule has 0 aliphatic carbocycles. The predicted molar refractivity (Wildman–Crippen MR) is 78.2 cm³/mol. The van der Waals surface area contributed by atoms with Gasteiger partial charge in [-0.15, -0.1) is 0 Å². The third-order valence-corrected chi connectivity index (χ3v) is 3.63. The van der Waals surface area contributed by atoms with Gasteiger partial charge in [0.15, 0.2) is 0 Å². The van der Waals surface area contributed by atoms with E-state index in [2.05, 4.69) is 5.16 Å². The molecule has 0 bridgehead atoms. The van der Waals surface area contributed by atoms with Crippen LogP contribution in [0.3, 0.4) is 0 Å². The first-order chi connectivity index (χ1) is 11.1. The second-order valence-electron chi connectivity index (χ2n) is 5.41. The van der Waals surface area contributed by atoms with E-state index in [0.29, 0.717) is 17.5 Å². The van der Waals surface area contributed by atoms with Crippen LogP contribution in [0.1, 0.15) is 22.6 Å². The second-order valence-corrected chi connectivity index (χ2v) is 5.41. The first-order valence-corrected chi connectivity index (χ1v) is 7.03. The summed E-state index contributed by atoms with van der Waals surface area (Å²) in [5, 5.41) is 3.77. The summed E-state index contributed by atoms with van der Waals surface area (Å²) in [5.74, 6) is 0.0554. The highest BCUT2D eigenvalue weighted by Gasteiger charge is 2.34. The standard InChI is InChI=1S/C15H16F3N3O3/c1-9-11(10(2)24-19-9)7-20(3)13(22)8-21-6-4-5-12(14(21)23)15(16,17)18/h4-6H,7-8H2,1-3H3. The number of amides is 1. The third kappa shape index (κ3) is 3.66. The van der Waals surface area contributed by atoms with Gasteiger partial charge < -0.3 is 14.0 Å². The average molecular weight is 343 g/mol. The molecule has 2 aromatic rings. The van der Waals surface area contributed by atoms with E-state index >= 15 is 0 Å². The molecule has 24 heavy (non-hydrogen) atoms. The number of carbonyl (C=O) groups is 1. The Morgan fingerprint density at radius 3 is 2.58 bits per heavy atom. The molecular weight excluding hydrogens is 327 g/mol. The summed E-state index contributed by atoms with van der Waals surface area (Å²) in [6.07, 6.45) is -3.61. The minimum absolute atomic E-state index is 0.188. The minimum atomic E-state index is -4.76. The summed E-state index contributed by atoms with van der Waals surface area (Å²) in [6, 6.07) is 1.78. The average Bonchev–Trinajstić information content (AvgIpc) is 2.80. The van der Waals surface area contributed by atoms with Crippen LogP contribution in [-0.4, -0.2) is 27.6 Å². The van der Waals surface area contributed by atoms with Gasteiger partial charge in [-0.2, -0.15) is 13.2 Å². The zero-order valence-electron chi connectivity index (χ0n) is 13.3. The number of carbonyl (C=O) groups excluding carboxylic acids is 1. The first-order valence-electron chi connectivity index (χ1n) is 7.03. The van der Waals surface area contributed by atoms with Gasteiger partial charge in [-0.05, 0) is 26.0 Å². The van der Waals surface area contributed by atoms with Crippen LogP contribution in [-0.2, 0) is 24.1 Å². The zero-order valence-corrected chi connectivity index (χ0v) is 13.3. The van der Waals surface area contributed by atoms with Crippen molar-refractivity contribution < 1.29 is 22.5 Å². The lowest BCUT2D eigenvalue weighted by molar-refractivity contribution is -0.139. The van der Waals surface area contributed by atoms with Crippen molar-refractivity contribution in [1.29, 1.82) is 0 Å². The number of aromatic nitrogens is 2. The van der Waals surface area contributed by atoms with Crippen molar-refractivity contribution in [3.63, 3.8) is 0 Å². The van der Waals surface area contributed by atoms with E-state index in [1.165, 1.54) is 11.9 Å². The fraction of sp³-hybridized carbons (Fsp3) is 0.400. The largest absolute Gasteiger partial charge is 0.421 e. The lowest BCUT2D eigenvalue weighted by atomic mass is 10.2. The van der Waals surface area contributed by atoms with Crippen LogP contribution in [0.15, 0.2) is 27.6 Å². The molecule has 9 heteroatoms. The van der Waals surface area contributed by atoms with Gasteiger partial charge in [-0.3, -0.25) is 9.59 Å². The lowest BCUT2D eigenvalue weighted by Gasteiger charge is -2.18. The highest BCUT2D eigenvalue weighted by atomic mass is 19.4. The molecule has 0 saturated carbocycles. The molecule has 0 saturated heterocycles. The summed E-state index contributed by atoms with van der Waals surface area (Å²) in [4.78, 5) is 25.4. The molecule has 0 radical (unpaired) electrons. The molecule has 0 aromatic carbocycles. The molecule has 2 rings (SSSR count). The smallest absolute Gasteiger partial charge is 0.361 e. The number of rotatable bonds is 4. The van der Waals surface area contributed by atoms with Crippen LogP contribution >= 0.6 is 0 Å². The van der Waals surface area contributed by atoms with Crippen molar-refractivity contribution in [3.05, 3.63) is 51.3 Å². The predicted octanol–water partition coefficient (Wildman–Crippen LogP) is 2.13. The fourth-order valence-electron chi connectivity index (χ4n) is 2.20. The maximum Gasteiger partial charge on any atom is 0.421 e. The Labute approximate surface area is 135 Å². The molecule has 2 aromatic heterocycles. The van der Waals surface area contributed by atoms with Gasteiger partial charge in [0.2, 0.25) is 5.91 Å². The van der Waals surface area contributed by atoms with Crippen LogP contribution in [0.25, 0.3) is 0 Å². The van der Waals surface area contributed by atoms with E-state index in [9.17, 15) is 22.8 Å². The summed E-state index contributed by atoms with van der Waals surface area (Å²) >= 11 is 0. The molecule has 0 fully saturated rings. The molecule has 0 spiro atoms. The van der Waals surface area contributed by atoms with Gasteiger partial charge in [0.1, 0.15) is 17.9 Å². The molecule has 0 atom stereocenters. The highest BCUT2D eigenvalue weighted by molar-refractivity contribution is 5.75. The van der Waals surface area contributed by atoms with Crippen molar-refractivity contribution in [1.82, 2.24) is 14.6 Å². The highest BCUT2D eigenvalue weighted by Crippen LogP contribution is 2.26. The number of halogens is 3. The van der Waals surface area contributed by atoms with E-state index in [4.69, 9.17) is 4.52 Å². The van der Waals surface area contributed by atoms with E-state index in [1.807, 2.05) is 0 Å². The van der Waals surface area contributed by atoms with E-state index in [-0.39, 0.29) is 6.54 Å². The third-order valence-electron chi connectivity index (χ3n) is 3.63. The monoisotopic (exact) mass is 343 g/mol. The van der Waals surface area contributed by atoms with Crippen LogP contribution in [0.4, 0.5) is 13.2 Å². The van der Waals surface area contributed by atoms with Crippen molar-refractivity contribution in [3.8, 4) is 0 Å². The molecular formula is C15H16F3N3O3. The Kier molecular flexibility index (Phi) is 4.81. The number of pyridine rings is 1. The van der Waals surface area contributed by atoms with Crippen molar-refractivity contribution >= 4 is 5.91 Å². The Morgan fingerprint density at radius 1 is 1.38 bits per heavy atom. The summed E-state index contributed by atoms with van der Waals surface area (Å²) in [6.45, 7) is 3.13. The Morgan fingerprint density at radius 2 is 2.04 bits per heavy atom. The van der Waals surface area contributed by atoms with E-state index in [0.717, 1.165) is 22.4 Å². The van der Waals surface area contributed by atoms with Gasteiger partial charge in [0, 0.05) is 18.8 Å². The quantitative estimate of drug-likeness (QED) is 0.853. The molecule has 2 heterocycles. The number of likely N-dealkylation sites (N-methyl/N-ethyl adjacent to an activating group) is 1. The van der Waals surface area contributed by atoms with Crippen LogP contribution < -0.4 is 5.56 Å². The molecule has 0 aliphatic rings. The molecule has 6 nitrogen and oxygen atoms in total. The van der Waals surface area contributed by atoms with Gasteiger partial charge in [-0.25, -0.2) is 0 Å². The molecule has 1 amide bonds. The molecule has 0 aliphatic heterocycles. The molecule has 0 N–H and O–H groups in total. The Bertz CT molecular complexity index is 789. The normalized spacial score (nSPS) is 11.6. The minimum Gasteiger partial charge on any atom is -0.361 e. The summed E-state index contributed by atoms with van der Waals surface area (Å²) in [5.41, 5.74) is -1.19. The summed E-state index contributed by atoms with van der Waals surface area (Å²) in [7, 11) is 1.49. The van der Waals surface area contributed by atoms with Gasteiger partial charge in [0.25, 0.3) is 5.56 Å². The van der Waals surface area contributed by atoms with E-state index < -0.39 is 29.8 Å². The number of aryl methyl sites for hydroxylation is 2. The fourth-order valence-corrected chi connectivity index (χ4v) is 2.20. The number of hydrogen-bond acceptors (Lipinski definition) is 4. The lowest BCUT2D eigenvalue weighted by Crippen LogP contribution is -2.35. The number of alkyl halides is 3. The number of hydrogen-bond donors (Lipinski definition) is 0. The van der Waals surface area contributed by atoms with Crippen molar-refractivity contribution in [2.45, 2.75) is 33.1 Å². The van der Waals surface area contributed by atoms with Gasteiger partial charge in [0.05, 0.1) is 12.2 Å². The zero-order chi connectivity index (χ0) is 18.1. The Hall–Kier alpha value is -2.58. The maximum absolute atomic E-state index is 12.7. The van der Waals surface area contributed by atoms with Crippen molar-refractivity contribution in [2.24, 2.45) is 0 Å². The van der Waals surface area contributed by atoms with Crippen molar-refractivity contribution in [2.75, 3.05) is 7.05 Å². The van der Waals surface area contributed by atoms with E-state index in [1.54, 1.807) is 13.8 Å². The van der Waals surface area contributed by atoms with Crippen LogP contribution in [0.2, 0.25) is 0 Å². The molecule has 130 valence electrons. The Balaban J connectivity index is 2.17. The second kappa shape index (κ2) is 6.50. The van der Waals surface area contributed by atoms with Gasteiger partial charge in [-0.1, -0.05) is 5.16 Å².